The van der Waals surface area contributed by atoms with Crippen molar-refractivity contribution in [3.8, 4) is 11.5 Å². The van der Waals surface area contributed by atoms with Crippen LogP contribution < -0.4 is 9.47 Å². The molecule has 0 radical (unpaired) electrons. The quantitative estimate of drug-likeness (QED) is 0.743. The van der Waals surface area contributed by atoms with E-state index in [4.69, 9.17) is 9.47 Å². The van der Waals surface area contributed by atoms with Crippen LogP contribution in [0.1, 0.15) is 28.4 Å². The Morgan fingerprint density at radius 1 is 1.14 bits per heavy atom. The predicted octanol–water partition coefficient (Wildman–Crippen LogP) is 4.55. The third kappa shape index (κ3) is 3.85. The summed E-state index contributed by atoms with van der Waals surface area (Å²) in [5, 5.41) is 0. The molecule has 2 aromatic rings. The van der Waals surface area contributed by atoms with E-state index in [1.807, 2.05) is 37.3 Å². The number of methoxy groups -OCH3 is 1. The smallest absolute Gasteiger partial charge is 0.163 e. The average molecular weight is 349 g/mol. The van der Waals surface area contributed by atoms with Crippen molar-refractivity contribution in [2.75, 3.05) is 7.11 Å². The zero-order chi connectivity index (χ0) is 15.4. The molecule has 110 valence electrons. The number of Topliss-reactive ketones (excluding diaryl/α,β-unsaturated/α-hetero) is 1. The monoisotopic (exact) mass is 348 g/mol. The molecule has 0 spiro atoms. The molecule has 0 saturated carbocycles. The number of halogens is 1. The molecule has 3 nitrogen and oxygen atoms in total. The Balaban J connectivity index is 2.18. The van der Waals surface area contributed by atoms with E-state index in [9.17, 15) is 4.79 Å². The maximum Gasteiger partial charge on any atom is 0.163 e. The van der Waals surface area contributed by atoms with Crippen LogP contribution in [-0.2, 0) is 6.61 Å². The van der Waals surface area contributed by atoms with Crippen LogP contribution in [0, 0.1) is 6.92 Å². The van der Waals surface area contributed by atoms with E-state index in [2.05, 4.69) is 15.9 Å². The third-order valence-electron chi connectivity index (χ3n) is 3.13. The maximum atomic E-state index is 11.6. The van der Waals surface area contributed by atoms with Crippen molar-refractivity contribution < 1.29 is 14.3 Å². The minimum atomic E-state index is 0.000844. The van der Waals surface area contributed by atoms with Gasteiger partial charge in [-0.2, -0.15) is 0 Å². The van der Waals surface area contributed by atoms with Crippen LogP contribution >= 0.6 is 15.9 Å². The molecular formula is C17H17BrO3. The predicted molar refractivity (Wildman–Crippen MR) is 86.2 cm³/mol. The van der Waals surface area contributed by atoms with E-state index in [0.29, 0.717) is 17.9 Å². The number of ether oxygens (including phenoxy) is 2. The molecule has 0 bridgehead atoms. The lowest BCUT2D eigenvalue weighted by molar-refractivity contribution is 0.101. The largest absolute Gasteiger partial charge is 0.496 e. The first-order valence-electron chi connectivity index (χ1n) is 6.58. The molecule has 2 aromatic carbocycles. The highest BCUT2D eigenvalue weighted by atomic mass is 79.9. The zero-order valence-corrected chi connectivity index (χ0v) is 13.9. The van der Waals surface area contributed by atoms with Gasteiger partial charge in [0.25, 0.3) is 0 Å². The molecule has 0 amide bonds. The number of benzene rings is 2. The molecule has 21 heavy (non-hydrogen) atoms. The highest BCUT2D eigenvalue weighted by Crippen LogP contribution is 2.27. The van der Waals surface area contributed by atoms with Crippen LogP contribution in [0.2, 0.25) is 0 Å². The summed E-state index contributed by atoms with van der Waals surface area (Å²) in [6, 6.07) is 11.4. The summed E-state index contributed by atoms with van der Waals surface area (Å²) in [6.45, 7) is 3.91. The molecule has 4 heteroatoms. The van der Waals surface area contributed by atoms with Crippen molar-refractivity contribution in [2.24, 2.45) is 0 Å². The van der Waals surface area contributed by atoms with Gasteiger partial charge in [-0.05, 0) is 65.2 Å². The number of carbonyl (C=O) groups is 1. The van der Waals surface area contributed by atoms with E-state index in [1.54, 1.807) is 20.1 Å². The van der Waals surface area contributed by atoms with E-state index >= 15 is 0 Å². The molecule has 0 aliphatic rings. The lowest BCUT2D eigenvalue weighted by Crippen LogP contribution is -2.02. The molecule has 2 rings (SSSR count). The van der Waals surface area contributed by atoms with E-state index in [-0.39, 0.29) is 5.78 Å². The highest BCUT2D eigenvalue weighted by molar-refractivity contribution is 9.10. The second-order valence-electron chi connectivity index (χ2n) is 4.81. The van der Waals surface area contributed by atoms with Crippen LogP contribution in [0.5, 0.6) is 11.5 Å². The number of rotatable bonds is 5. The van der Waals surface area contributed by atoms with Gasteiger partial charge in [-0.25, -0.2) is 0 Å². The van der Waals surface area contributed by atoms with Gasteiger partial charge in [0.2, 0.25) is 0 Å². The summed E-state index contributed by atoms with van der Waals surface area (Å²) in [6.07, 6.45) is 0. The Labute approximate surface area is 133 Å². The molecule has 0 aromatic heterocycles. The molecule has 0 heterocycles. The van der Waals surface area contributed by atoms with Crippen molar-refractivity contribution in [3.05, 3.63) is 57.6 Å². The Bertz CT molecular complexity index is 665. The standard InChI is InChI=1S/C17H17BrO3/c1-11-4-6-14(12(2)19)17(8-11)21-10-13-5-7-16(20-3)15(18)9-13/h4-9H,10H2,1-3H3. The van der Waals surface area contributed by atoms with Crippen LogP contribution in [0.4, 0.5) is 0 Å². The second-order valence-corrected chi connectivity index (χ2v) is 5.67. The average Bonchev–Trinajstić information content (AvgIpc) is 2.45. The Hall–Kier alpha value is -1.81. The Morgan fingerprint density at radius 2 is 1.90 bits per heavy atom. The fourth-order valence-electron chi connectivity index (χ4n) is 2.00. The molecule has 0 N–H and O–H groups in total. The minimum Gasteiger partial charge on any atom is -0.496 e. The zero-order valence-electron chi connectivity index (χ0n) is 12.3. The number of aryl methyl sites for hydroxylation is 1. The SMILES string of the molecule is COc1ccc(COc2cc(C)ccc2C(C)=O)cc1Br. The Morgan fingerprint density at radius 3 is 2.52 bits per heavy atom. The summed E-state index contributed by atoms with van der Waals surface area (Å²) in [5.41, 5.74) is 2.66. The number of carbonyl (C=O) groups excluding carboxylic acids is 1. The van der Waals surface area contributed by atoms with Gasteiger partial charge in [0, 0.05) is 0 Å². The topological polar surface area (TPSA) is 35.5 Å². The normalized spacial score (nSPS) is 10.3. The molecule has 0 unspecified atom stereocenters. The summed E-state index contributed by atoms with van der Waals surface area (Å²) in [5.74, 6) is 1.40. The van der Waals surface area contributed by atoms with Crippen LogP contribution in [0.15, 0.2) is 40.9 Å². The second kappa shape index (κ2) is 6.76. The molecule has 0 atom stereocenters. The van der Waals surface area contributed by atoms with Crippen molar-refractivity contribution >= 4 is 21.7 Å². The van der Waals surface area contributed by atoms with Crippen molar-refractivity contribution in [1.82, 2.24) is 0 Å². The fourth-order valence-corrected chi connectivity index (χ4v) is 2.59. The van der Waals surface area contributed by atoms with E-state index in [1.165, 1.54) is 0 Å². The van der Waals surface area contributed by atoms with Gasteiger partial charge >= 0.3 is 0 Å². The lowest BCUT2D eigenvalue weighted by Gasteiger charge is -2.12. The summed E-state index contributed by atoms with van der Waals surface area (Å²) < 4.78 is 11.9. The van der Waals surface area contributed by atoms with E-state index < -0.39 is 0 Å². The summed E-state index contributed by atoms with van der Waals surface area (Å²) in [4.78, 5) is 11.6. The third-order valence-corrected chi connectivity index (χ3v) is 3.75. The summed E-state index contributed by atoms with van der Waals surface area (Å²) >= 11 is 3.45. The van der Waals surface area contributed by atoms with Gasteiger partial charge < -0.3 is 9.47 Å². The van der Waals surface area contributed by atoms with Gasteiger partial charge in [0.15, 0.2) is 5.78 Å². The van der Waals surface area contributed by atoms with Crippen LogP contribution in [0.25, 0.3) is 0 Å². The molecular weight excluding hydrogens is 332 g/mol. The molecule has 0 aliphatic carbocycles. The number of hydrogen-bond donors (Lipinski definition) is 0. The first-order valence-corrected chi connectivity index (χ1v) is 7.37. The van der Waals surface area contributed by atoms with Crippen LogP contribution in [-0.4, -0.2) is 12.9 Å². The van der Waals surface area contributed by atoms with Gasteiger partial charge in [-0.15, -0.1) is 0 Å². The van der Waals surface area contributed by atoms with Gasteiger partial charge in [0.05, 0.1) is 17.1 Å². The number of ketones is 1. The fraction of sp³-hybridized carbons (Fsp3) is 0.235. The molecule has 0 aliphatic heterocycles. The first-order chi connectivity index (χ1) is 10.0. The Kier molecular flexibility index (Phi) is 5.02. The minimum absolute atomic E-state index is 0.000844. The van der Waals surface area contributed by atoms with Crippen molar-refractivity contribution in [3.63, 3.8) is 0 Å². The first kappa shape index (κ1) is 15.6. The van der Waals surface area contributed by atoms with E-state index in [0.717, 1.165) is 21.3 Å². The van der Waals surface area contributed by atoms with Gasteiger partial charge in [-0.1, -0.05) is 12.1 Å². The molecule has 0 saturated heterocycles. The van der Waals surface area contributed by atoms with Crippen molar-refractivity contribution in [1.29, 1.82) is 0 Å². The van der Waals surface area contributed by atoms with Gasteiger partial charge in [0.1, 0.15) is 18.1 Å². The highest BCUT2D eigenvalue weighted by Gasteiger charge is 2.09. The van der Waals surface area contributed by atoms with Crippen molar-refractivity contribution in [2.45, 2.75) is 20.5 Å². The maximum absolute atomic E-state index is 11.6. The number of hydrogen-bond acceptors (Lipinski definition) is 3. The molecule has 0 fully saturated rings. The summed E-state index contributed by atoms with van der Waals surface area (Å²) in [7, 11) is 1.63. The lowest BCUT2D eigenvalue weighted by atomic mass is 10.1. The van der Waals surface area contributed by atoms with Crippen LogP contribution in [0.3, 0.4) is 0 Å². The van der Waals surface area contributed by atoms with Gasteiger partial charge in [-0.3, -0.25) is 4.79 Å².